The summed E-state index contributed by atoms with van der Waals surface area (Å²) in [5.41, 5.74) is 2.61. The van der Waals surface area contributed by atoms with Crippen molar-refractivity contribution in [3.05, 3.63) is 69.7 Å². The molecule has 168 valence electrons. The Hall–Kier alpha value is -2.67. The van der Waals surface area contributed by atoms with Crippen LogP contribution in [0.15, 0.2) is 53.0 Å². The normalized spacial score (nSPS) is 18.8. The Kier molecular flexibility index (Phi) is 6.65. The second kappa shape index (κ2) is 9.45. The Morgan fingerprint density at radius 2 is 1.84 bits per heavy atom. The molecule has 2 aliphatic rings. The van der Waals surface area contributed by atoms with Gasteiger partial charge in [-0.25, -0.2) is 0 Å². The van der Waals surface area contributed by atoms with Gasteiger partial charge in [-0.2, -0.15) is 0 Å². The van der Waals surface area contributed by atoms with Crippen LogP contribution in [-0.2, 0) is 22.7 Å². The number of hydrogen-bond acceptors (Lipinski definition) is 3. The van der Waals surface area contributed by atoms with E-state index >= 15 is 0 Å². The zero-order chi connectivity index (χ0) is 22.8. The number of rotatable bonds is 6. The van der Waals surface area contributed by atoms with E-state index in [1.54, 1.807) is 9.80 Å². The number of amides is 3. The minimum atomic E-state index is -0.588. The first-order valence-electron chi connectivity index (χ1n) is 11.1. The highest BCUT2D eigenvalue weighted by atomic mass is 79.9. The molecule has 1 N–H and O–H groups in total. The van der Waals surface area contributed by atoms with E-state index in [2.05, 4.69) is 21.2 Å². The van der Waals surface area contributed by atoms with Gasteiger partial charge in [-0.05, 0) is 48.1 Å². The molecular weight excluding hydrogens is 470 g/mol. The van der Waals surface area contributed by atoms with Crippen molar-refractivity contribution in [1.29, 1.82) is 0 Å². The number of benzene rings is 2. The maximum absolute atomic E-state index is 13.6. The highest BCUT2D eigenvalue weighted by Gasteiger charge is 2.43. The van der Waals surface area contributed by atoms with Gasteiger partial charge in [0.1, 0.15) is 12.1 Å². The standard InChI is InChI=1S/C25H28BrN3O3/c1-16(2)22(29-15-18-6-3-4-7-20(18)24(29)31)25(32)28-13-5-8-21(28)23(30)27-14-17-9-11-19(26)12-10-17/h3-4,6-7,9-12,16,21-22H,5,8,13-15H2,1-2H3,(H,27,30). The van der Waals surface area contributed by atoms with Gasteiger partial charge in [0.05, 0.1) is 0 Å². The summed E-state index contributed by atoms with van der Waals surface area (Å²) >= 11 is 3.41. The fourth-order valence-corrected chi connectivity index (χ4v) is 4.93. The minimum absolute atomic E-state index is 0.0622. The highest BCUT2D eigenvalue weighted by molar-refractivity contribution is 9.10. The average Bonchev–Trinajstić information content (AvgIpc) is 3.39. The van der Waals surface area contributed by atoms with E-state index in [-0.39, 0.29) is 23.6 Å². The number of carbonyl (C=O) groups is 3. The smallest absolute Gasteiger partial charge is 0.255 e. The molecule has 2 aromatic rings. The average molecular weight is 498 g/mol. The third-order valence-corrected chi connectivity index (χ3v) is 6.82. The fourth-order valence-electron chi connectivity index (χ4n) is 4.66. The molecule has 0 aromatic heterocycles. The lowest BCUT2D eigenvalue weighted by Crippen LogP contribution is -2.55. The minimum Gasteiger partial charge on any atom is -0.350 e. The Bertz CT molecular complexity index is 1020. The zero-order valence-corrected chi connectivity index (χ0v) is 20.0. The summed E-state index contributed by atoms with van der Waals surface area (Å²) in [5.74, 6) is -0.448. The molecule has 3 amide bonds. The van der Waals surface area contributed by atoms with E-state index in [1.165, 1.54) is 0 Å². The summed E-state index contributed by atoms with van der Waals surface area (Å²) in [4.78, 5) is 43.0. The van der Waals surface area contributed by atoms with Gasteiger partial charge in [-0.15, -0.1) is 0 Å². The molecule has 2 heterocycles. The van der Waals surface area contributed by atoms with Crippen LogP contribution in [-0.4, -0.2) is 46.1 Å². The monoisotopic (exact) mass is 497 g/mol. The van der Waals surface area contributed by atoms with Crippen molar-refractivity contribution in [2.45, 2.75) is 51.9 Å². The first-order valence-corrected chi connectivity index (χ1v) is 11.9. The lowest BCUT2D eigenvalue weighted by molar-refractivity contribution is -0.143. The van der Waals surface area contributed by atoms with Crippen LogP contribution in [0.2, 0.25) is 0 Å². The largest absolute Gasteiger partial charge is 0.350 e. The molecule has 32 heavy (non-hydrogen) atoms. The molecule has 6 nitrogen and oxygen atoms in total. The summed E-state index contributed by atoms with van der Waals surface area (Å²) in [5, 5.41) is 2.98. The van der Waals surface area contributed by atoms with Crippen molar-refractivity contribution in [2.75, 3.05) is 6.54 Å². The molecule has 2 aromatic carbocycles. The van der Waals surface area contributed by atoms with E-state index in [4.69, 9.17) is 0 Å². The highest BCUT2D eigenvalue weighted by Crippen LogP contribution is 2.30. The van der Waals surface area contributed by atoms with E-state index in [9.17, 15) is 14.4 Å². The van der Waals surface area contributed by atoms with Gasteiger partial charge in [-0.1, -0.05) is 60.1 Å². The molecule has 0 radical (unpaired) electrons. The first-order chi connectivity index (χ1) is 15.4. The predicted molar refractivity (Wildman–Crippen MR) is 126 cm³/mol. The van der Waals surface area contributed by atoms with Crippen LogP contribution in [0.5, 0.6) is 0 Å². The van der Waals surface area contributed by atoms with Gasteiger partial charge < -0.3 is 15.1 Å². The number of hydrogen-bond donors (Lipinski definition) is 1. The second-order valence-corrected chi connectivity index (χ2v) is 9.73. The van der Waals surface area contributed by atoms with Crippen molar-refractivity contribution in [2.24, 2.45) is 5.92 Å². The lowest BCUT2D eigenvalue weighted by atomic mass is 10.0. The Balaban J connectivity index is 1.47. The number of likely N-dealkylation sites (tertiary alicyclic amines) is 1. The van der Waals surface area contributed by atoms with E-state index in [0.29, 0.717) is 31.6 Å². The fraction of sp³-hybridized carbons (Fsp3) is 0.400. The molecular formula is C25H28BrN3O3. The van der Waals surface area contributed by atoms with Crippen LogP contribution in [0.4, 0.5) is 0 Å². The van der Waals surface area contributed by atoms with Crippen LogP contribution < -0.4 is 5.32 Å². The molecule has 2 atom stereocenters. The Morgan fingerprint density at radius 1 is 1.12 bits per heavy atom. The molecule has 4 rings (SSSR count). The van der Waals surface area contributed by atoms with Gasteiger partial charge in [0.25, 0.3) is 5.91 Å². The summed E-state index contributed by atoms with van der Waals surface area (Å²) < 4.78 is 0.985. The Labute approximate surface area is 197 Å². The van der Waals surface area contributed by atoms with E-state index in [0.717, 1.165) is 22.0 Å². The molecule has 0 bridgehead atoms. The van der Waals surface area contributed by atoms with Gasteiger partial charge in [-0.3, -0.25) is 14.4 Å². The van der Waals surface area contributed by atoms with Crippen molar-refractivity contribution >= 4 is 33.7 Å². The van der Waals surface area contributed by atoms with Gasteiger partial charge in [0, 0.05) is 29.7 Å². The first kappa shape index (κ1) is 22.5. The van der Waals surface area contributed by atoms with E-state index < -0.39 is 12.1 Å². The third kappa shape index (κ3) is 4.44. The zero-order valence-electron chi connectivity index (χ0n) is 18.4. The van der Waals surface area contributed by atoms with Crippen LogP contribution in [0.3, 0.4) is 0 Å². The molecule has 0 aliphatic carbocycles. The van der Waals surface area contributed by atoms with Crippen molar-refractivity contribution in [3.63, 3.8) is 0 Å². The van der Waals surface area contributed by atoms with Gasteiger partial charge >= 0.3 is 0 Å². The predicted octanol–water partition coefficient (Wildman–Crippen LogP) is 3.74. The lowest BCUT2D eigenvalue weighted by Gasteiger charge is -2.35. The third-order valence-electron chi connectivity index (χ3n) is 6.29. The van der Waals surface area contributed by atoms with Crippen molar-refractivity contribution in [3.8, 4) is 0 Å². The summed E-state index contributed by atoms with van der Waals surface area (Å²) in [7, 11) is 0. The topological polar surface area (TPSA) is 69.7 Å². The van der Waals surface area contributed by atoms with Crippen molar-refractivity contribution < 1.29 is 14.4 Å². The molecule has 2 unspecified atom stereocenters. The summed E-state index contributed by atoms with van der Waals surface area (Å²) in [6.07, 6.45) is 1.41. The molecule has 0 spiro atoms. The number of nitrogens with zero attached hydrogens (tertiary/aromatic N) is 2. The molecule has 2 aliphatic heterocycles. The molecule has 7 heteroatoms. The number of carbonyl (C=O) groups excluding carboxylic acids is 3. The van der Waals surface area contributed by atoms with Gasteiger partial charge in [0.2, 0.25) is 11.8 Å². The quantitative estimate of drug-likeness (QED) is 0.660. The number of nitrogens with one attached hydrogen (secondary N) is 1. The van der Waals surface area contributed by atoms with Crippen LogP contribution in [0.1, 0.15) is 48.2 Å². The molecule has 0 saturated carbocycles. The maximum atomic E-state index is 13.6. The maximum Gasteiger partial charge on any atom is 0.255 e. The Morgan fingerprint density at radius 3 is 2.53 bits per heavy atom. The van der Waals surface area contributed by atoms with Crippen LogP contribution in [0, 0.1) is 5.92 Å². The molecule has 1 fully saturated rings. The summed E-state index contributed by atoms with van der Waals surface area (Å²) in [6.45, 7) is 5.29. The number of halogens is 1. The molecule has 1 saturated heterocycles. The summed E-state index contributed by atoms with van der Waals surface area (Å²) in [6, 6.07) is 14.2. The second-order valence-electron chi connectivity index (χ2n) is 8.81. The van der Waals surface area contributed by atoms with Crippen LogP contribution in [0.25, 0.3) is 0 Å². The van der Waals surface area contributed by atoms with E-state index in [1.807, 2.05) is 62.4 Å². The number of fused-ring (bicyclic) bond motifs is 1. The van der Waals surface area contributed by atoms with Crippen molar-refractivity contribution in [1.82, 2.24) is 15.1 Å². The SMILES string of the molecule is CC(C)C(C(=O)N1CCCC1C(=O)NCc1ccc(Br)cc1)N1Cc2ccccc2C1=O. The van der Waals surface area contributed by atoms with Crippen LogP contribution >= 0.6 is 15.9 Å². The van der Waals surface area contributed by atoms with Gasteiger partial charge in [0.15, 0.2) is 0 Å².